The molecule has 11 heavy (non-hydrogen) atoms. The molecule has 1 aromatic carbocycles. The Morgan fingerprint density at radius 1 is 1.27 bits per heavy atom. The van der Waals surface area contributed by atoms with Gasteiger partial charge >= 0.3 is 0 Å². The Kier molecular flexibility index (Phi) is 1.46. The van der Waals surface area contributed by atoms with E-state index in [1.165, 1.54) is 16.7 Å². The second kappa shape index (κ2) is 2.35. The zero-order chi connectivity index (χ0) is 7.84. The third kappa shape index (κ3) is 1.29. The Morgan fingerprint density at radius 2 is 2.00 bits per heavy atom. The van der Waals surface area contributed by atoms with Crippen LogP contribution in [0.3, 0.4) is 0 Å². The van der Waals surface area contributed by atoms with Gasteiger partial charge in [0.05, 0.1) is 6.61 Å². The van der Waals surface area contributed by atoms with Crippen LogP contribution < -0.4 is 0 Å². The van der Waals surface area contributed by atoms with E-state index < -0.39 is 0 Å². The number of epoxide rings is 1. The van der Waals surface area contributed by atoms with Gasteiger partial charge in [0.15, 0.2) is 0 Å². The molecule has 0 N–H and O–H groups in total. The zero-order valence-electron chi connectivity index (χ0n) is 6.92. The maximum atomic E-state index is 5.19. The summed E-state index contributed by atoms with van der Waals surface area (Å²) in [5, 5.41) is 0. The van der Waals surface area contributed by atoms with Gasteiger partial charge in [0, 0.05) is 0 Å². The highest BCUT2D eigenvalue weighted by Crippen LogP contribution is 2.30. The van der Waals surface area contributed by atoms with Crippen LogP contribution in [-0.4, -0.2) is 6.61 Å². The topological polar surface area (TPSA) is 12.5 Å². The van der Waals surface area contributed by atoms with Crippen LogP contribution in [0.15, 0.2) is 18.2 Å². The van der Waals surface area contributed by atoms with E-state index in [1.54, 1.807) is 0 Å². The van der Waals surface area contributed by atoms with Gasteiger partial charge in [-0.2, -0.15) is 0 Å². The summed E-state index contributed by atoms with van der Waals surface area (Å²) in [5.41, 5.74) is 4.04. The van der Waals surface area contributed by atoms with Crippen molar-refractivity contribution in [2.24, 2.45) is 0 Å². The summed E-state index contributed by atoms with van der Waals surface area (Å²) in [6.07, 6.45) is 0.397. The highest BCUT2D eigenvalue weighted by molar-refractivity contribution is 5.32. The number of rotatable bonds is 1. The van der Waals surface area contributed by atoms with E-state index in [-0.39, 0.29) is 0 Å². The summed E-state index contributed by atoms with van der Waals surface area (Å²) in [4.78, 5) is 0. The van der Waals surface area contributed by atoms with Crippen LogP contribution in [0.4, 0.5) is 0 Å². The molecule has 1 aliphatic rings. The Morgan fingerprint density at radius 3 is 2.55 bits per heavy atom. The molecule has 1 heterocycles. The molecule has 1 nitrogen and oxygen atoms in total. The Balaban J connectivity index is 2.36. The quantitative estimate of drug-likeness (QED) is 0.557. The largest absolute Gasteiger partial charge is 0.368 e. The molecular weight excluding hydrogens is 136 g/mol. The van der Waals surface area contributed by atoms with Gasteiger partial charge in [-0.15, -0.1) is 0 Å². The molecule has 1 heteroatoms. The standard InChI is InChI=1S/C10H12O/c1-7-3-4-9(5-8(7)2)10-6-11-10/h3-5,10H,6H2,1-2H3/t10-/m0/s1. The van der Waals surface area contributed by atoms with Crippen molar-refractivity contribution in [2.45, 2.75) is 20.0 Å². The zero-order valence-corrected chi connectivity index (χ0v) is 6.92. The maximum absolute atomic E-state index is 5.19. The SMILES string of the molecule is Cc1ccc([C@@H]2CO2)cc1C. The van der Waals surface area contributed by atoms with Gasteiger partial charge in [0.2, 0.25) is 0 Å². The van der Waals surface area contributed by atoms with E-state index in [1.807, 2.05) is 0 Å². The van der Waals surface area contributed by atoms with Crippen molar-refractivity contribution in [2.75, 3.05) is 6.61 Å². The number of ether oxygens (including phenoxy) is 1. The van der Waals surface area contributed by atoms with Crippen molar-refractivity contribution >= 4 is 0 Å². The van der Waals surface area contributed by atoms with Crippen LogP contribution in [0.5, 0.6) is 0 Å². The number of benzene rings is 1. The van der Waals surface area contributed by atoms with Gasteiger partial charge in [-0.25, -0.2) is 0 Å². The Bertz CT molecular complexity index is 274. The average Bonchev–Trinajstić information content (AvgIpc) is 2.77. The molecule has 0 spiro atoms. The lowest BCUT2D eigenvalue weighted by molar-refractivity contribution is 0.415. The first-order valence-corrected chi connectivity index (χ1v) is 3.96. The first-order valence-electron chi connectivity index (χ1n) is 3.96. The average molecular weight is 148 g/mol. The third-order valence-corrected chi connectivity index (χ3v) is 2.24. The molecule has 1 aliphatic heterocycles. The summed E-state index contributed by atoms with van der Waals surface area (Å²) in [5.74, 6) is 0. The van der Waals surface area contributed by atoms with Crippen LogP contribution in [0, 0.1) is 13.8 Å². The molecule has 0 bridgehead atoms. The van der Waals surface area contributed by atoms with Crippen molar-refractivity contribution in [1.29, 1.82) is 0 Å². The Hall–Kier alpha value is -0.820. The smallest absolute Gasteiger partial charge is 0.106 e. The third-order valence-electron chi connectivity index (χ3n) is 2.24. The van der Waals surface area contributed by atoms with Crippen molar-refractivity contribution in [1.82, 2.24) is 0 Å². The lowest BCUT2D eigenvalue weighted by Gasteiger charge is -2.01. The molecular formula is C10H12O. The summed E-state index contributed by atoms with van der Waals surface area (Å²) >= 11 is 0. The number of hydrogen-bond acceptors (Lipinski definition) is 1. The maximum Gasteiger partial charge on any atom is 0.106 e. The van der Waals surface area contributed by atoms with Crippen LogP contribution in [0.2, 0.25) is 0 Å². The molecule has 0 amide bonds. The van der Waals surface area contributed by atoms with Gasteiger partial charge in [-0.1, -0.05) is 18.2 Å². The predicted molar refractivity (Wildman–Crippen MR) is 44.6 cm³/mol. The first-order chi connectivity index (χ1) is 5.27. The van der Waals surface area contributed by atoms with Crippen molar-refractivity contribution in [3.63, 3.8) is 0 Å². The number of aryl methyl sites for hydroxylation is 2. The van der Waals surface area contributed by atoms with E-state index >= 15 is 0 Å². The van der Waals surface area contributed by atoms with E-state index in [0.717, 1.165) is 6.61 Å². The molecule has 0 radical (unpaired) electrons. The fraction of sp³-hybridized carbons (Fsp3) is 0.400. The fourth-order valence-corrected chi connectivity index (χ4v) is 1.21. The van der Waals surface area contributed by atoms with Gasteiger partial charge < -0.3 is 4.74 Å². The second-order valence-electron chi connectivity index (χ2n) is 3.17. The van der Waals surface area contributed by atoms with Crippen LogP contribution in [0.1, 0.15) is 22.8 Å². The summed E-state index contributed by atoms with van der Waals surface area (Å²) in [7, 11) is 0. The molecule has 1 saturated heterocycles. The molecule has 58 valence electrons. The molecule has 0 aromatic heterocycles. The molecule has 1 fully saturated rings. The summed E-state index contributed by atoms with van der Waals surface area (Å²) in [6, 6.07) is 6.53. The van der Waals surface area contributed by atoms with E-state index in [9.17, 15) is 0 Å². The predicted octanol–water partition coefficient (Wildman–Crippen LogP) is 2.37. The minimum Gasteiger partial charge on any atom is -0.368 e. The fourth-order valence-electron chi connectivity index (χ4n) is 1.21. The molecule has 0 unspecified atom stereocenters. The van der Waals surface area contributed by atoms with Gasteiger partial charge in [-0.05, 0) is 30.5 Å². The van der Waals surface area contributed by atoms with Crippen LogP contribution >= 0.6 is 0 Å². The van der Waals surface area contributed by atoms with Gasteiger partial charge in [0.1, 0.15) is 6.10 Å². The lowest BCUT2D eigenvalue weighted by Crippen LogP contribution is -1.85. The second-order valence-corrected chi connectivity index (χ2v) is 3.17. The van der Waals surface area contributed by atoms with Crippen LogP contribution in [-0.2, 0) is 4.74 Å². The molecule has 0 saturated carbocycles. The highest BCUT2D eigenvalue weighted by Gasteiger charge is 2.24. The molecule has 2 rings (SSSR count). The lowest BCUT2D eigenvalue weighted by atomic mass is 10.0. The van der Waals surface area contributed by atoms with Gasteiger partial charge in [0.25, 0.3) is 0 Å². The minimum atomic E-state index is 0.397. The molecule has 1 aromatic rings. The van der Waals surface area contributed by atoms with E-state index in [4.69, 9.17) is 4.74 Å². The van der Waals surface area contributed by atoms with Crippen molar-refractivity contribution in [3.05, 3.63) is 34.9 Å². The first kappa shape index (κ1) is 6.86. The van der Waals surface area contributed by atoms with Crippen molar-refractivity contribution < 1.29 is 4.74 Å². The van der Waals surface area contributed by atoms with Gasteiger partial charge in [-0.3, -0.25) is 0 Å². The van der Waals surface area contributed by atoms with E-state index in [2.05, 4.69) is 32.0 Å². The minimum absolute atomic E-state index is 0.397. The monoisotopic (exact) mass is 148 g/mol. The highest BCUT2D eigenvalue weighted by atomic mass is 16.6. The number of hydrogen-bond donors (Lipinski definition) is 0. The summed E-state index contributed by atoms with van der Waals surface area (Å²) in [6.45, 7) is 5.18. The molecule has 1 atom stereocenters. The normalized spacial score (nSPS) is 21.8. The molecule has 0 aliphatic carbocycles. The van der Waals surface area contributed by atoms with Crippen LogP contribution in [0.25, 0.3) is 0 Å². The van der Waals surface area contributed by atoms with Crippen molar-refractivity contribution in [3.8, 4) is 0 Å². The summed E-state index contributed by atoms with van der Waals surface area (Å²) < 4.78 is 5.19. The van der Waals surface area contributed by atoms with E-state index in [0.29, 0.717) is 6.10 Å². The Labute approximate surface area is 67.0 Å².